The second-order valence-electron chi connectivity index (χ2n) is 8.85. The van der Waals surface area contributed by atoms with Gasteiger partial charge in [0, 0.05) is 24.1 Å². The molecule has 5 rings (SSSR count). The van der Waals surface area contributed by atoms with E-state index in [1.54, 1.807) is 13.2 Å². The largest absolute Gasteiger partial charge is 0.493 e. The van der Waals surface area contributed by atoms with E-state index in [0.29, 0.717) is 42.2 Å². The number of hydrogen-bond donors (Lipinski definition) is 0. The van der Waals surface area contributed by atoms with Crippen molar-refractivity contribution in [2.24, 2.45) is 5.92 Å². The smallest absolute Gasteiger partial charge is 0.189 e. The highest BCUT2D eigenvalue weighted by atomic mass is 16.5. The number of piperidine rings is 1. The number of allylic oxidation sites excluding steroid dienone is 2. The van der Waals surface area contributed by atoms with Crippen molar-refractivity contribution in [2.75, 3.05) is 20.2 Å². The van der Waals surface area contributed by atoms with E-state index in [-0.39, 0.29) is 41.9 Å². The Morgan fingerprint density at radius 2 is 1.79 bits per heavy atom. The van der Waals surface area contributed by atoms with Gasteiger partial charge in [0.15, 0.2) is 17.3 Å². The Morgan fingerprint density at radius 3 is 2.53 bits per heavy atom. The summed E-state index contributed by atoms with van der Waals surface area (Å²) >= 11 is 0. The molecular formula is C30H31NO3. The Kier molecular flexibility index (Phi) is 5.17. The zero-order valence-corrected chi connectivity index (χ0v) is 19.3. The highest BCUT2D eigenvalue weighted by Gasteiger charge is 2.29. The molecule has 0 N–H and O–H groups in total. The standard InChI is InChI=1S/C30H31NO3/c1-33-28-19-27-25(18-29(28)34-21-24-10-6-3-7-11-24)17-26(30(27)32)16-22-12-14-31(15-13-22)20-23-8-4-2-5-9-23/h2-11,16,18-19,22H,12-15,17,20-21H2,1H3/b26-16-/i2D,4D,5D,8D,9D. The first-order valence-electron chi connectivity index (χ1n) is 14.2. The summed E-state index contributed by atoms with van der Waals surface area (Å²) in [6, 6.07) is 12.4. The van der Waals surface area contributed by atoms with Crippen molar-refractivity contribution in [1.82, 2.24) is 4.90 Å². The summed E-state index contributed by atoms with van der Waals surface area (Å²) < 4.78 is 51.5. The van der Waals surface area contributed by atoms with Crippen LogP contribution >= 0.6 is 0 Å². The average Bonchev–Trinajstić information content (AvgIpc) is 3.26. The minimum Gasteiger partial charge on any atom is -0.493 e. The van der Waals surface area contributed by atoms with Gasteiger partial charge in [-0.2, -0.15) is 0 Å². The van der Waals surface area contributed by atoms with E-state index in [0.717, 1.165) is 42.6 Å². The van der Waals surface area contributed by atoms with Crippen LogP contribution in [0.5, 0.6) is 11.5 Å². The first-order valence-corrected chi connectivity index (χ1v) is 11.7. The third-order valence-corrected chi connectivity index (χ3v) is 6.55. The molecule has 1 aliphatic carbocycles. The van der Waals surface area contributed by atoms with Gasteiger partial charge in [-0.15, -0.1) is 0 Å². The highest BCUT2D eigenvalue weighted by Crippen LogP contribution is 2.38. The molecule has 0 bridgehead atoms. The van der Waals surface area contributed by atoms with E-state index in [9.17, 15) is 4.79 Å². The van der Waals surface area contributed by atoms with Gasteiger partial charge >= 0.3 is 0 Å². The summed E-state index contributed by atoms with van der Waals surface area (Å²) in [7, 11) is 1.57. The second-order valence-corrected chi connectivity index (χ2v) is 8.85. The van der Waals surface area contributed by atoms with Gasteiger partial charge in [0.25, 0.3) is 0 Å². The lowest BCUT2D eigenvalue weighted by Crippen LogP contribution is -2.32. The van der Waals surface area contributed by atoms with Crippen molar-refractivity contribution in [2.45, 2.75) is 32.4 Å². The summed E-state index contributed by atoms with van der Waals surface area (Å²) in [5, 5.41) is 0. The van der Waals surface area contributed by atoms with Crippen molar-refractivity contribution in [1.29, 1.82) is 0 Å². The number of likely N-dealkylation sites (tertiary alicyclic amines) is 1. The molecule has 0 atom stereocenters. The van der Waals surface area contributed by atoms with E-state index < -0.39 is 0 Å². The summed E-state index contributed by atoms with van der Waals surface area (Å²) in [6.07, 6.45) is 4.32. The molecule has 0 spiro atoms. The van der Waals surface area contributed by atoms with E-state index >= 15 is 0 Å². The lowest BCUT2D eigenvalue weighted by Gasteiger charge is -2.30. The first-order chi connectivity index (χ1) is 18.8. The van der Waals surface area contributed by atoms with Gasteiger partial charge in [-0.3, -0.25) is 9.69 Å². The van der Waals surface area contributed by atoms with Crippen molar-refractivity contribution in [3.05, 3.63) is 107 Å². The number of methoxy groups -OCH3 is 1. The quantitative estimate of drug-likeness (QED) is 0.416. The molecule has 4 heteroatoms. The maximum Gasteiger partial charge on any atom is 0.189 e. The maximum atomic E-state index is 13.2. The number of carbonyl (C=O) groups is 1. The van der Waals surface area contributed by atoms with Crippen molar-refractivity contribution >= 4 is 5.78 Å². The molecule has 0 saturated carbocycles. The molecular weight excluding hydrogens is 422 g/mol. The van der Waals surface area contributed by atoms with Crippen LogP contribution in [-0.2, 0) is 19.6 Å². The highest BCUT2D eigenvalue weighted by molar-refractivity contribution is 6.13. The monoisotopic (exact) mass is 458 g/mol. The Balaban J connectivity index is 1.24. The van der Waals surface area contributed by atoms with Crippen molar-refractivity contribution in [3.63, 3.8) is 0 Å². The number of hydrogen-bond acceptors (Lipinski definition) is 4. The van der Waals surface area contributed by atoms with Gasteiger partial charge in [-0.25, -0.2) is 0 Å². The van der Waals surface area contributed by atoms with Gasteiger partial charge in [0.1, 0.15) is 6.61 Å². The molecule has 0 aromatic heterocycles. The van der Waals surface area contributed by atoms with Gasteiger partial charge in [0.2, 0.25) is 0 Å². The predicted molar refractivity (Wildman–Crippen MR) is 134 cm³/mol. The fourth-order valence-electron chi connectivity index (χ4n) is 4.70. The van der Waals surface area contributed by atoms with E-state index in [2.05, 4.69) is 11.0 Å². The van der Waals surface area contributed by atoms with E-state index in [1.807, 2.05) is 36.4 Å². The molecule has 1 aliphatic heterocycles. The molecule has 1 heterocycles. The average molecular weight is 459 g/mol. The number of fused-ring (bicyclic) bond motifs is 1. The molecule has 3 aromatic carbocycles. The Morgan fingerprint density at radius 1 is 1.03 bits per heavy atom. The molecule has 2 aliphatic rings. The summed E-state index contributed by atoms with van der Waals surface area (Å²) in [6.45, 7) is 2.18. The summed E-state index contributed by atoms with van der Waals surface area (Å²) in [5.41, 5.74) is 3.77. The molecule has 34 heavy (non-hydrogen) atoms. The Labute approximate surface area is 208 Å². The topological polar surface area (TPSA) is 38.8 Å². The van der Waals surface area contributed by atoms with Crippen LogP contribution < -0.4 is 9.47 Å². The maximum absolute atomic E-state index is 13.2. The Bertz CT molecular complexity index is 1400. The number of Topliss-reactive ketones (excluding diaryl/α,β-unsaturated/α-hetero) is 1. The van der Waals surface area contributed by atoms with Crippen LogP contribution in [0.4, 0.5) is 0 Å². The molecule has 1 fully saturated rings. The zero-order valence-electron chi connectivity index (χ0n) is 24.3. The van der Waals surface area contributed by atoms with Crippen LogP contribution in [0.1, 0.15) is 46.7 Å². The minimum absolute atomic E-state index is 0.0273. The van der Waals surface area contributed by atoms with Crippen molar-refractivity contribution in [3.8, 4) is 11.5 Å². The zero-order chi connectivity index (χ0) is 27.7. The molecule has 3 aromatic rings. The van der Waals surface area contributed by atoms with Crippen LogP contribution in [0.25, 0.3) is 0 Å². The van der Waals surface area contributed by atoms with Crippen LogP contribution in [0.3, 0.4) is 0 Å². The van der Waals surface area contributed by atoms with Crippen molar-refractivity contribution < 1.29 is 21.1 Å². The molecule has 0 radical (unpaired) electrons. The third-order valence-electron chi connectivity index (χ3n) is 6.55. The van der Waals surface area contributed by atoms with Gasteiger partial charge < -0.3 is 9.47 Å². The van der Waals surface area contributed by atoms with Crippen LogP contribution in [0.2, 0.25) is 0 Å². The number of ether oxygens (including phenoxy) is 2. The second kappa shape index (κ2) is 10.3. The van der Waals surface area contributed by atoms with E-state index in [4.69, 9.17) is 16.3 Å². The number of nitrogens with zero attached hydrogens (tertiary/aromatic N) is 1. The van der Waals surface area contributed by atoms with Gasteiger partial charge in [-0.1, -0.05) is 66.6 Å². The first kappa shape index (κ1) is 17.1. The molecule has 0 amide bonds. The van der Waals surface area contributed by atoms with Crippen LogP contribution in [0.15, 0.2) is 84.3 Å². The molecule has 1 saturated heterocycles. The molecule has 0 unspecified atom stereocenters. The fraction of sp³-hybridized carbons (Fsp3) is 0.300. The fourth-order valence-corrected chi connectivity index (χ4v) is 4.70. The van der Waals surface area contributed by atoms with Crippen LogP contribution in [-0.4, -0.2) is 30.9 Å². The van der Waals surface area contributed by atoms with Crippen LogP contribution in [0, 0.1) is 5.92 Å². The van der Waals surface area contributed by atoms with Gasteiger partial charge in [-0.05, 0) is 60.7 Å². The normalized spacial score (nSPS) is 19.7. The number of carbonyl (C=O) groups excluding carboxylic acids is 1. The molecule has 4 nitrogen and oxygen atoms in total. The number of ketones is 1. The van der Waals surface area contributed by atoms with E-state index in [1.165, 1.54) is 0 Å². The third kappa shape index (κ3) is 5.07. The minimum atomic E-state index is -0.367. The predicted octanol–water partition coefficient (Wildman–Crippen LogP) is 5.85. The SMILES string of the molecule is [2H]c1c([2H])c([2H])c(CN2CCC(/C=C3/Cc4cc(OCc5ccccc5)c(OC)cc4C3=O)CC2)c([2H])c1[2H]. The lowest BCUT2D eigenvalue weighted by molar-refractivity contribution is 0.103. The van der Waals surface area contributed by atoms with Gasteiger partial charge in [0.05, 0.1) is 14.0 Å². The lowest BCUT2D eigenvalue weighted by atomic mass is 9.93. The Hall–Kier alpha value is -3.37. The summed E-state index contributed by atoms with van der Waals surface area (Å²) in [4.78, 5) is 15.4. The number of rotatable bonds is 7. The molecule has 174 valence electrons. The summed E-state index contributed by atoms with van der Waals surface area (Å²) in [5.74, 6) is 1.43. The number of benzene rings is 3.